The summed E-state index contributed by atoms with van der Waals surface area (Å²) >= 11 is 0. The molecule has 0 aliphatic rings. The molecule has 0 heterocycles. The molecular formula is C13H27N3O2. The van der Waals surface area contributed by atoms with Gasteiger partial charge < -0.3 is 5.32 Å². The van der Waals surface area contributed by atoms with Crippen molar-refractivity contribution in [3.05, 3.63) is 0 Å². The van der Waals surface area contributed by atoms with E-state index in [0.717, 1.165) is 0 Å². The Hall–Kier alpha value is -1.10. The lowest BCUT2D eigenvalue weighted by molar-refractivity contribution is -0.139. The number of carbonyl (C=O) groups excluding carboxylic acids is 2. The molecule has 0 aliphatic heterocycles. The number of hydrogen-bond acceptors (Lipinski definition) is 3. The average molecular weight is 257 g/mol. The summed E-state index contributed by atoms with van der Waals surface area (Å²) in [6.07, 6.45) is 1.40. The molecule has 0 saturated carbocycles. The number of hydrazine groups is 1. The number of nitrogens with zero attached hydrogens (tertiary/aromatic N) is 1. The summed E-state index contributed by atoms with van der Waals surface area (Å²) in [5.41, 5.74) is -0.897. The van der Waals surface area contributed by atoms with Crippen LogP contribution in [-0.2, 0) is 9.59 Å². The van der Waals surface area contributed by atoms with Crippen molar-refractivity contribution in [2.75, 3.05) is 13.6 Å². The minimum atomic E-state index is -0.467. The van der Waals surface area contributed by atoms with Crippen LogP contribution < -0.4 is 11.2 Å². The number of nitrogens with one attached hydrogen (secondary N) is 1. The summed E-state index contributed by atoms with van der Waals surface area (Å²) in [6, 6.07) is 0. The first-order valence-corrected chi connectivity index (χ1v) is 6.31. The number of carbonyl (C=O) groups is 2. The van der Waals surface area contributed by atoms with E-state index in [0.29, 0.717) is 19.4 Å². The summed E-state index contributed by atoms with van der Waals surface area (Å²) in [4.78, 5) is 23.4. The molecule has 0 saturated heterocycles. The molecule has 5 heteroatoms. The molecule has 0 radical (unpaired) electrons. The zero-order valence-corrected chi connectivity index (χ0v) is 12.5. The third-order valence-electron chi connectivity index (χ3n) is 2.94. The molecular weight excluding hydrogens is 230 g/mol. The second-order valence-electron chi connectivity index (χ2n) is 6.32. The predicted octanol–water partition coefficient (Wildman–Crippen LogP) is 1.29. The van der Waals surface area contributed by atoms with Gasteiger partial charge >= 0.3 is 0 Å². The fourth-order valence-electron chi connectivity index (χ4n) is 1.68. The molecule has 5 nitrogen and oxygen atoms in total. The Labute approximate surface area is 110 Å². The topological polar surface area (TPSA) is 75.4 Å². The Bertz CT molecular complexity index is 306. The first kappa shape index (κ1) is 16.9. The second-order valence-corrected chi connectivity index (χ2v) is 6.32. The summed E-state index contributed by atoms with van der Waals surface area (Å²) in [7, 11) is 1.63. The van der Waals surface area contributed by atoms with Crippen LogP contribution in [0.4, 0.5) is 0 Å². The Morgan fingerprint density at radius 2 is 1.67 bits per heavy atom. The Balaban J connectivity index is 4.21. The Morgan fingerprint density at radius 1 is 1.17 bits per heavy atom. The van der Waals surface area contributed by atoms with Crippen LogP contribution >= 0.6 is 0 Å². The summed E-state index contributed by atoms with van der Waals surface area (Å²) in [5.74, 6) is 5.65. The van der Waals surface area contributed by atoms with E-state index in [1.165, 1.54) is 5.01 Å². The minimum Gasteiger partial charge on any atom is -0.359 e. The third-order valence-corrected chi connectivity index (χ3v) is 2.94. The van der Waals surface area contributed by atoms with Gasteiger partial charge in [-0.3, -0.25) is 14.6 Å². The molecule has 0 rings (SSSR count). The van der Waals surface area contributed by atoms with Crippen molar-refractivity contribution in [3.63, 3.8) is 0 Å². The molecule has 2 amide bonds. The van der Waals surface area contributed by atoms with E-state index >= 15 is 0 Å². The van der Waals surface area contributed by atoms with Gasteiger partial charge in [0.1, 0.15) is 0 Å². The van der Waals surface area contributed by atoms with Crippen molar-refractivity contribution in [1.29, 1.82) is 0 Å². The smallest absolute Gasteiger partial charge is 0.241 e. The maximum absolute atomic E-state index is 11.8. The van der Waals surface area contributed by atoms with Gasteiger partial charge in [0.05, 0.1) is 0 Å². The van der Waals surface area contributed by atoms with Gasteiger partial charge in [-0.2, -0.15) is 0 Å². The number of amides is 2. The van der Waals surface area contributed by atoms with Gasteiger partial charge in [-0.25, -0.2) is 5.84 Å². The minimum absolute atomic E-state index is 0.00761. The van der Waals surface area contributed by atoms with Crippen molar-refractivity contribution in [2.45, 2.75) is 47.5 Å². The van der Waals surface area contributed by atoms with E-state index in [9.17, 15) is 9.59 Å². The van der Waals surface area contributed by atoms with Crippen LogP contribution in [0.1, 0.15) is 47.5 Å². The molecule has 0 aromatic rings. The van der Waals surface area contributed by atoms with Crippen molar-refractivity contribution in [1.82, 2.24) is 10.3 Å². The van der Waals surface area contributed by atoms with E-state index in [-0.39, 0.29) is 11.8 Å². The zero-order chi connectivity index (χ0) is 14.6. The summed E-state index contributed by atoms with van der Waals surface area (Å²) in [6.45, 7) is 9.75. The number of hydrogen-bond donors (Lipinski definition) is 2. The van der Waals surface area contributed by atoms with Crippen LogP contribution in [0.25, 0.3) is 0 Å². The van der Waals surface area contributed by atoms with Crippen molar-refractivity contribution < 1.29 is 9.59 Å². The molecule has 0 bridgehead atoms. The molecule has 3 N–H and O–H groups in total. The quantitative estimate of drug-likeness (QED) is 0.442. The molecule has 0 fully saturated rings. The van der Waals surface area contributed by atoms with Gasteiger partial charge in [-0.15, -0.1) is 0 Å². The van der Waals surface area contributed by atoms with Gasteiger partial charge in [-0.05, 0) is 12.8 Å². The first-order valence-electron chi connectivity index (χ1n) is 6.31. The highest BCUT2D eigenvalue weighted by molar-refractivity contribution is 5.81. The highest BCUT2D eigenvalue weighted by atomic mass is 16.2. The van der Waals surface area contributed by atoms with E-state index in [1.54, 1.807) is 7.05 Å². The van der Waals surface area contributed by atoms with Crippen LogP contribution in [0.5, 0.6) is 0 Å². The first-order chi connectivity index (χ1) is 8.02. The number of nitrogens with two attached hydrogens (primary N) is 1. The summed E-state index contributed by atoms with van der Waals surface area (Å²) in [5, 5.41) is 3.89. The van der Waals surface area contributed by atoms with Gasteiger partial charge in [-0.1, -0.05) is 34.6 Å². The molecule has 106 valence electrons. The second kappa shape index (κ2) is 6.18. The van der Waals surface area contributed by atoms with Crippen molar-refractivity contribution in [2.24, 2.45) is 16.7 Å². The molecule has 0 spiro atoms. The van der Waals surface area contributed by atoms with E-state index < -0.39 is 10.8 Å². The van der Waals surface area contributed by atoms with Gasteiger partial charge in [0.15, 0.2) is 0 Å². The lowest BCUT2D eigenvalue weighted by atomic mass is 9.86. The Morgan fingerprint density at radius 3 is 2.06 bits per heavy atom. The van der Waals surface area contributed by atoms with Gasteiger partial charge in [0.2, 0.25) is 11.8 Å². The lowest BCUT2D eigenvalue weighted by Crippen LogP contribution is -2.45. The van der Waals surface area contributed by atoms with Crippen LogP contribution in [0.15, 0.2) is 0 Å². The highest BCUT2D eigenvalue weighted by Crippen LogP contribution is 2.23. The van der Waals surface area contributed by atoms with Crippen LogP contribution in [0.3, 0.4) is 0 Å². The van der Waals surface area contributed by atoms with Crippen LogP contribution in [0, 0.1) is 10.8 Å². The van der Waals surface area contributed by atoms with Gasteiger partial charge in [0, 0.05) is 24.4 Å². The third kappa shape index (κ3) is 5.04. The van der Waals surface area contributed by atoms with Crippen LogP contribution in [0.2, 0.25) is 0 Å². The molecule has 0 aromatic heterocycles. The van der Waals surface area contributed by atoms with Gasteiger partial charge in [0.25, 0.3) is 0 Å². The van der Waals surface area contributed by atoms with Crippen LogP contribution in [-0.4, -0.2) is 30.4 Å². The SMILES string of the molecule is CNC(=O)C(C)(C)CCCN(N)C(=O)C(C)(C)C. The van der Waals surface area contributed by atoms with E-state index in [1.807, 2.05) is 34.6 Å². The lowest BCUT2D eigenvalue weighted by Gasteiger charge is -2.27. The largest absolute Gasteiger partial charge is 0.359 e. The molecule has 0 aliphatic carbocycles. The highest BCUT2D eigenvalue weighted by Gasteiger charge is 2.28. The van der Waals surface area contributed by atoms with E-state index in [4.69, 9.17) is 5.84 Å². The van der Waals surface area contributed by atoms with E-state index in [2.05, 4.69) is 5.32 Å². The van der Waals surface area contributed by atoms with Crippen molar-refractivity contribution in [3.8, 4) is 0 Å². The predicted molar refractivity (Wildman–Crippen MR) is 72.4 cm³/mol. The van der Waals surface area contributed by atoms with Crippen molar-refractivity contribution >= 4 is 11.8 Å². The standard InChI is InChI=1S/C13H27N3O2/c1-12(2,3)11(18)16(14)9-7-8-13(4,5)10(17)15-6/h7-9,14H2,1-6H3,(H,15,17). The average Bonchev–Trinajstić information content (AvgIpc) is 2.25. The molecule has 0 aromatic carbocycles. The fourth-order valence-corrected chi connectivity index (χ4v) is 1.68. The maximum Gasteiger partial charge on any atom is 0.241 e. The fraction of sp³-hybridized carbons (Fsp3) is 0.846. The molecule has 18 heavy (non-hydrogen) atoms. The summed E-state index contributed by atoms with van der Waals surface area (Å²) < 4.78 is 0. The molecule has 0 atom stereocenters. The number of rotatable bonds is 5. The molecule has 0 unspecified atom stereocenters. The normalized spacial score (nSPS) is 12.2. The maximum atomic E-state index is 11.8. The zero-order valence-electron chi connectivity index (χ0n) is 12.5. The monoisotopic (exact) mass is 257 g/mol. The Kier molecular flexibility index (Phi) is 5.80.